The van der Waals surface area contributed by atoms with Crippen molar-refractivity contribution < 1.29 is 4.43 Å². The molecule has 122 valence electrons. The average molecular weight is 328 g/mol. The highest BCUT2D eigenvalue weighted by Gasteiger charge is 2.36. The van der Waals surface area contributed by atoms with E-state index in [0.29, 0.717) is 17.9 Å². The van der Waals surface area contributed by atoms with Crippen LogP contribution in [0, 0.1) is 11.8 Å². The third-order valence-electron chi connectivity index (χ3n) is 4.20. The largest absolute Gasteiger partial charge is 0.413 e. The van der Waals surface area contributed by atoms with Gasteiger partial charge in [-0.3, -0.25) is 0 Å². The van der Waals surface area contributed by atoms with Crippen molar-refractivity contribution in [1.29, 1.82) is 0 Å². The molecule has 0 aliphatic carbocycles. The van der Waals surface area contributed by atoms with Gasteiger partial charge in [0.25, 0.3) is 0 Å². The molecule has 0 aliphatic heterocycles. The Labute approximate surface area is 138 Å². The third-order valence-corrected chi connectivity index (χ3v) is 8.68. The third kappa shape index (κ3) is 4.27. The van der Waals surface area contributed by atoms with Crippen LogP contribution in [-0.4, -0.2) is 34.9 Å². The van der Waals surface area contributed by atoms with Crippen LogP contribution < -0.4 is 0 Å². The van der Waals surface area contributed by atoms with Crippen molar-refractivity contribution in [3.63, 3.8) is 0 Å². The van der Waals surface area contributed by atoms with E-state index >= 15 is 0 Å². The fraction of sp³-hybridized carbons (Fsp3) is 0.471. The van der Waals surface area contributed by atoms with E-state index in [2.05, 4.69) is 65.6 Å². The number of fused-ring (bicyclic) bond motifs is 1. The van der Waals surface area contributed by atoms with E-state index in [1.165, 1.54) is 6.33 Å². The fourth-order valence-electron chi connectivity index (χ4n) is 1.64. The zero-order valence-electron chi connectivity index (χ0n) is 14.7. The van der Waals surface area contributed by atoms with Gasteiger partial charge in [0.15, 0.2) is 14.0 Å². The maximum absolute atomic E-state index is 6.18. The molecule has 1 N–H and O–H groups in total. The Balaban J connectivity index is 2.05. The number of nitrogens with zero attached hydrogens (tertiary/aromatic N) is 3. The normalized spacial score (nSPS) is 13.0. The fourth-order valence-corrected chi connectivity index (χ4v) is 2.66. The minimum Gasteiger partial charge on any atom is -0.413 e. The minimum absolute atomic E-state index is 0.214. The number of hydrogen-bond acceptors (Lipinski definition) is 4. The van der Waals surface area contributed by atoms with Crippen molar-refractivity contribution in [3.8, 4) is 11.8 Å². The molecule has 0 aromatic carbocycles. The number of aromatic nitrogens is 4. The van der Waals surface area contributed by atoms with E-state index in [0.717, 1.165) is 11.1 Å². The van der Waals surface area contributed by atoms with Crippen molar-refractivity contribution in [2.24, 2.45) is 0 Å². The number of imidazole rings is 1. The molecule has 2 rings (SSSR count). The summed E-state index contributed by atoms with van der Waals surface area (Å²) in [5, 5.41) is 0.214. The molecule has 0 amide bonds. The molecular formula is C17H24N4OSi. The number of aromatic amines is 1. The van der Waals surface area contributed by atoms with Gasteiger partial charge < -0.3 is 9.41 Å². The first-order chi connectivity index (χ1) is 10.7. The average Bonchev–Trinajstić information content (AvgIpc) is 2.93. The second-order valence-electron chi connectivity index (χ2n) is 7.13. The van der Waals surface area contributed by atoms with Crippen LogP contribution in [0.3, 0.4) is 0 Å². The Morgan fingerprint density at radius 2 is 2.04 bits per heavy atom. The van der Waals surface area contributed by atoms with Gasteiger partial charge in [0, 0.05) is 0 Å². The second-order valence-corrected chi connectivity index (χ2v) is 11.9. The Hall–Kier alpha value is -1.97. The van der Waals surface area contributed by atoms with Crippen molar-refractivity contribution in [3.05, 3.63) is 30.0 Å². The van der Waals surface area contributed by atoms with Crippen molar-refractivity contribution >= 4 is 19.5 Å². The van der Waals surface area contributed by atoms with Gasteiger partial charge in [0.05, 0.1) is 12.9 Å². The summed E-state index contributed by atoms with van der Waals surface area (Å²) in [6.07, 6.45) is 4.96. The van der Waals surface area contributed by atoms with Gasteiger partial charge in [-0.1, -0.05) is 26.7 Å². The Kier molecular flexibility index (Phi) is 5.02. The lowest BCUT2D eigenvalue weighted by Gasteiger charge is -2.36. The summed E-state index contributed by atoms with van der Waals surface area (Å²) in [6.45, 7) is 13.9. The molecule has 2 aromatic rings. The van der Waals surface area contributed by atoms with Crippen molar-refractivity contribution in [1.82, 2.24) is 19.9 Å². The van der Waals surface area contributed by atoms with Crippen LogP contribution in [0.2, 0.25) is 18.1 Å². The molecule has 0 unspecified atom stereocenters. The summed E-state index contributed by atoms with van der Waals surface area (Å²) in [5.41, 5.74) is 3.16. The van der Waals surface area contributed by atoms with E-state index in [9.17, 15) is 0 Å². The van der Waals surface area contributed by atoms with Gasteiger partial charge in [-0.15, -0.1) is 0 Å². The molecule has 6 heteroatoms. The zero-order chi connectivity index (χ0) is 17.1. The SMILES string of the molecule is C/C(=C\C#Cc1ncnc2nc[nH]c12)CO[Si](C)(C)C(C)(C)C. The van der Waals surface area contributed by atoms with Crippen LogP contribution in [0.1, 0.15) is 33.4 Å². The molecule has 0 bridgehead atoms. The number of nitrogens with one attached hydrogen (secondary N) is 1. The second kappa shape index (κ2) is 6.65. The molecule has 0 aliphatic rings. The molecule has 0 saturated heterocycles. The first kappa shape index (κ1) is 17.4. The van der Waals surface area contributed by atoms with Gasteiger partial charge in [0.2, 0.25) is 0 Å². The smallest absolute Gasteiger partial charge is 0.192 e. The summed E-state index contributed by atoms with van der Waals surface area (Å²) in [6, 6.07) is 0. The number of hydrogen-bond donors (Lipinski definition) is 1. The summed E-state index contributed by atoms with van der Waals surface area (Å²) in [5.74, 6) is 6.08. The van der Waals surface area contributed by atoms with Crippen LogP contribution in [0.5, 0.6) is 0 Å². The van der Waals surface area contributed by atoms with Crippen LogP contribution in [-0.2, 0) is 4.43 Å². The molecule has 2 aromatic heterocycles. The highest BCUT2D eigenvalue weighted by molar-refractivity contribution is 6.74. The lowest BCUT2D eigenvalue weighted by atomic mass is 10.2. The quantitative estimate of drug-likeness (QED) is 0.689. The van der Waals surface area contributed by atoms with Gasteiger partial charge in [-0.25, -0.2) is 15.0 Å². The predicted octanol–water partition coefficient (Wildman–Crippen LogP) is 3.67. The summed E-state index contributed by atoms with van der Waals surface area (Å²) in [7, 11) is -1.72. The molecule has 0 atom stereocenters. The van der Waals surface area contributed by atoms with Gasteiger partial charge in [-0.2, -0.15) is 0 Å². The molecule has 0 saturated carbocycles. The summed E-state index contributed by atoms with van der Waals surface area (Å²) < 4.78 is 6.18. The molecule has 2 heterocycles. The minimum atomic E-state index is -1.72. The number of rotatable bonds is 3. The van der Waals surface area contributed by atoms with E-state index < -0.39 is 8.32 Å². The van der Waals surface area contributed by atoms with Gasteiger partial charge in [0.1, 0.15) is 17.5 Å². The Morgan fingerprint density at radius 3 is 2.74 bits per heavy atom. The molecule has 5 nitrogen and oxygen atoms in total. The highest BCUT2D eigenvalue weighted by Crippen LogP contribution is 2.36. The summed E-state index contributed by atoms with van der Waals surface area (Å²) >= 11 is 0. The Bertz CT molecular complexity index is 775. The van der Waals surface area contributed by atoms with E-state index in [1.807, 2.05) is 13.0 Å². The van der Waals surface area contributed by atoms with E-state index in [-0.39, 0.29) is 5.04 Å². The molecule has 0 fully saturated rings. The molecule has 0 radical (unpaired) electrons. The van der Waals surface area contributed by atoms with Crippen LogP contribution in [0.4, 0.5) is 0 Å². The van der Waals surface area contributed by atoms with E-state index in [1.54, 1.807) is 6.33 Å². The monoisotopic (exact) mass is 328 g/mol. The first-order valence-corrected chi connectivity index (χ1v) is 10.6. The van der Waals surface area contributed by atoms with Gasteiger partial charge in [-0.05, 0) is 42.6 Å². The maximum Gasteiger partial charge on any atom is 0.192 e. The standard InChI is InChI=1S/C17H24N4OSi/c1-13(10-22-23(5,6)17(2,3)4)8-7-9-14-15-16(20-11-18-14)21-12-19-15/h8,11-12H,10H2,1-6H3,(H,18,19,20,21)/b13-8+. The summed E-state index contributed by atoms with van der Waals surface area (Å²) in [4.78, 5) is 15.4. The molecular weight excluding hydrogens is 304 g/mol. The predicted molar refractivity (Wildman–Crippen MR) is 95.5 cm³/mol. The topological polar surface area (TPSA) is 63.7 Å². The first-order valence-electron chi connectivity index (χ1n) is 7.66. The maximum atomic E-state index is 6.18. The van der Waals surface area contributed by atoms with Crippen LogP contribution >= 0.6 is 0 Å². The van der Waals surface area contributed by atoms with Crippen LogP contribution in [0.25, 0.3) is 11.2 Å². The number of allylic oxidation sites excluding steroid dienone is 1. The van der Waals surface area contributed by atoms with Gasteiger partial charge >= 0.3 is 0 Å². The Morgan fingerprint density at radius 1 is 1.30 bits per heavy atom. The number of H-pyrrole nitrogens is 1. The lowest BCUT2D eigenvalue weighted by Crippen LogP contribution is -2.41. The zero-order valence-corrected chi connectivity index (χ0v) is 15.7. The molecule has 23 heavy (non-hydrogen) atoms. The van der Waals surface area contributed by atoms with Crippen LogP contribution in [0.15, 0.2) is 24.3 Å². The lowest BCUT2D eigenvalue weighted by molar-refractivity contribution is 0.319. The van der Waals surface area contributed by atoms with Crippen molar-refractivity contribution in [2.75, 3.05) is 6.61 Å². The highest BCUT2D eigenvalue weighted by atomic mass is 28.4. The molecule has 0 spiro atoms. The van der Waals surface area contributed by atoms with Crippen molar-refractivity contribution in [2.45, 2.75) is 45.8 Å². The van der Waals surface area contributed by atoms with E-state index in [4.69, 9.17) is 4.43 Å².